The zero-order valence-electron chi connectivity index (χ0n) is 31.0. The highest BCUT2D eigenvalue weighted by molar-refractivity contribution is 8.03. The number of aliphatic hydroxyl groups is 4. The molecule has 1 amide bonds. The number of hydrogen-bond donors (Lipinski definition) is 6. The minimum Gasteiger partial charge on any atom is -0.507 e. The van der Waals surface area contributed by atoms with Crippen LogP contribution < -0.4 is 10.1 Å². The quantitative estimate of drug-likeness (QED) is 0.246. The third-order valence-corrected chi connectivity index (χ3v) is 10.9. The summed E-state index contributed by atoms with van der Waals surface area (Å²) in [6.45, 7) is 10.4. The lowest BCUT2D eigenvalue weighted by Gasteiger charge is -2.37. The number of carbonyl (C=O) groups excluding carboxylic acids is 5. The lowest BCUT2D eigenvalue weighted by atomic mass is 9.76. The van der Waals surface area contributed by atoms with Gasteiger partial charge in [0.05, 0.1) is 60.2 Å². The molecule has 0 spiro atoms. The molecule has 9 atom stereocenters. The number of phenols is 1. The summed E-state index contributed by atoms with van der Waals surface area (Å²) >= 11 is 0.868. The van der Waals surface area contributed by atoms with Gasteiger partial charge in [-0.05, 0) is 32.6 Å². The predicted octanol–water partition coefficient (Wildman–Crippen LogP) is 3.20. The number of ether oxygens (including phenoxy) is 2. The van der Waals surface area contributed by atoms with E-state index in [1.807, 2.05) is 0 Å². The highest BCUT2D eigenvalue weighted by atomic mass is 32.2. The van der Waals surface area contributed by atoms with Crippen molar-refractivity contribution in [2.45, 2.75) is 72.9 Å². The Morgan fingerprint density at radius 3 is 1.85 bits per heavy atom. The molecule has 3 aliphatic rings. The van der Waals surface area contributed by atoms with Crippen molar-refractivity contribution >= 4 is 41.0 Å². The first-order valence-electron chi connectivity index (χ1n) is 16.8. The number of nitrogens with one attached hydrogen (secondary N) is 1. The van der Waals surface area contributed by atoms with Crippen molar-refractivity contribution in [2.24, 2.45) is 29.6 Å². The molecule has 4 bridgehead atoms. The van der Waals surface area contributed by atoms with Crippen LogP contribution in [0.4, 0.5) is 0 Å². The van der Waals surface area contributed by atoms with Gasteiger partial charge in [-0.2, -0.15) is 0 Å². The first-order valence-corrected chi connectivity index (χ1v) is 18.0. The van der Waals surface area contributed by atoms with Crippen molar-refractivity contribution in [1.82, 2.24) is 5.32 Å². The molecule has 0 saturated heterocycles. The summed E-state index contributed by atoms with van der Waals surface area (Å²) < 4.78 is 10.4. The Hall–Kier alpha value is -4.08. The van der Waals surface area contributed by atoms with Gasteiger partial charge in [0.15, 0.2) is 5.78 Å². The molecule has 14 heteroatoms. The smallest absolute Gasteiger partial charge is 0.313 e. The first-order chi connectivity index (χ1) is 24.3. The molecule has 2 aliphatic heterocycles. The molecule has 6 N–H and O–H groups in total. The van der Waals surface area contributed by atoms with E-state index in [4.69, 9.17) is 9.47 Å². The Kier molecular flexibility index (Phi) is 14.0. The topological polar surface area (TPSA) is 217 Å². The summed E-state index contributed by atoms with van der Waals surface area (Å²) in [4.78, 5) is 68.5. The molecule has 1 aromatic rings. The highest BCUT2D eigenvalue weighted by Gasteiger charge is 2.45. The van der Waals surface area contributed by atoms with Crippen LogP contribution in [0.3, 0.4) is 0 Å². The lowest BCUT2D eigenvalue weighted by molar-refractivity contribution is -0.164. The number of methoxy groups -OCH3 is 2. The second-order valence-electron chi connectivity index (χ2n) is 13.5. The fraction of sp³-hybridized carbons (Fsp3) is 0.500. The normalized spacial score (nSPS) is 29.8. The molecule has 52 heavy (non-hydrogen) atoms. The summed E-state index contributed by atoms with van der Waals surface area (Å²) in [5.74, 6) is -10.1. The second kappa shape index (κ2) is 17.2. The number of esters is 1. The zero-order chi connectivity index (χ0) is 39.5. The average molecular weight is 744 g/mol. The van der Waals surface area contributed by atoms with Crippen molar-refractivity contribution in [3.63, 3.8) is 0 Å². The summed E-state index contributed by atoms with van der Waals surface area (Å²) in [5.41, 5.74) is -1.48. The molecule has 0 aromatic heterocycles. The fourth-order valence-electron chi connectivity index (χ4n) is 6.70. The van der Waals surface area contributed by atoms with E-state index in [2.05, 4.69) is 5.32 Å². The molecule has 0 saturated carbocycles. The molecule has 13 nitrogen and oxygen atoms in total. The first kappa shape index (κ1) is 42.3. The van der Waals surface area contributed by atoms with Gasteiger partial charge in [-0.3, -0.25) is 24.0 Å². The standard InChI is InChI=1S/C38H49NO12S/c1-15-12-11-13-16(2)37(48)39-26-33(46)23-22(34(47)36(26)52-10)24(35(50-8)21(7)32(23)45)29(42)18(4)14-17(3)28(41)20(6)31(44)25(38(49)51-9)30(43)19(5)27(15)40/h11-15,17,19-20,25,27-28,30-31,40-41,43-45H,1-10H3,(H,39,48). The minimum atomic E-state index is -1.67. The van der Waals surface area contributed by atoms with Crippen LogP contribution in [0.5, 0.6) is 11.5 Å². The number of phenolic OH excluding ortho intramolecular Hbond substituents is 1. The van der Waals surface area contributed by atoms with Crippen LogP contribution >= 0.6 is 11.8 Å². The van der Waals surface area contributed by atoms with Gasteiger partial charge >= 0.3 is 5.97 Å². The number of aliphatic hydroxyl groups excluding tert-OH is 4. The molecule has 0 radical (unpaired) electrons. The maximum Gasteiger partial charge on any atom is 0.313 e. The number of thioether (sulfide) groups is 1. The van der Waals surface area contributed by atoms with Gasteiger partial charge in [0.1, 0.15) is 23.1 Å². The Morgan fingerprint density at radius 1 is 0.769 bits per heavy atom. The molecule has 9 unspecified atom stereocenters. The second-order valence-corrected chi connectivity index (χ2v) is 14.3. The van der Waals surface area contributed by atoms with Crippen molar-refractivity contribution in [1.29, 1.82) is 0 Å². The van der Waals surface area contributed by atoms with Gasteiger partial charge in [0.25, 0.3) is 5.91 Å². The van der Waals surface area contributed by atoms with Crippen LogP contribution in [0.1, 0.15) is 78.2 Å². The highest BCUT2D eigenvalue weighted by Crippen LogP contribution is 2.45. The number of allylic oxidation sites excluding steroid dienone is 5. The van der Waals surface area contributed by atoms with Gasteiger partial charge in [-0.1, -0.05) is 52.0 Å². The van der Waals surface area contributed by atoms with E-state index < -0.39 is 100 Å². The van der Waals surface area contributed by atoms with E-state index in [1.165, 1.54) is 66.2 Å². The Morgan fingerprint density at radius 2 is 1.33 bits per heavy atom. The van der Waals surface area contributed by atoms with E-state index in [0.29, 0.717) is 0 Å². The van der Waals surface area contributed by atoms with Crippen molar-refractivity contribution < 1.29 is 59.0 Å². The monoisotopic (exact) mass is 743 g/mol. The number of ketones is 3. The molecule has 2 heterocycles. The van der Waals surface area contributed by atoms with Gasteiger partial charge in [-0.15, -0.1) is 11.8 Å². The number of benzene rings is 1. The van der Waals surface area contributed by atoms with Crippen LogP contribution in [-0.2, 0) is 14.3 Å². The third-order valence-electron chi connectivity index (χ3n) is 10.1. The summed E-state index contributed by atoms with van der Waals surface area (Å²) in [5, 5.41) is 59.0. The fourth-order valence-corrected chi connectivity index (χ4v) is 7.33. The van der Waals surface area contributed by atoms with E-state index in [1.54, 1.807) is 19.9 Å². The van der Waals surface area contributed by atoms with Gasteiger partial charge in [-0.25, -0.2) is 0 Å². The third kappa shape index (κ3) is 7.96. The predicted molar refractivity (Wildman–Crippen MR) is 194 cm³/mol. The number of fused-ring (bicyclic) bond motifs is 15. The van der Waals surface area contributed by atoms with E-state index in [0.717, 1.165) is 18.9 Å². The molecule has 0 fully saturated rings. The molecule has 4 rings (SSSR count). The average Bonchev–Trinajstić information content (AvgIpc) is 3.11. The van der Waals surface area contributed by atoms with E-state index >= 15 is 0 Å². The number of Topliss-reactive ketones (excluding diaryl/α,β-unsaturated/α-hetero) is 3. The number of carbonyl (C=O) groups is 5. The van der Waals surface area contributed by atoms with Crippen LogP contribution in [0.2, 0.25) is 0 Å². The summed E-state index contributed by atoms with van der Waals surface area (Å²) in [6.07, 6.45) is 1.41. The lowest BCUT2D eigenvalue weighted by Crippen LogP contribution is -2.50. The minimum absolute atomic E-state index is 0.00802. The maximum absolute atomic E-state index is 14.2. The summed E-state index contributed by atoms with van der Waals surface area (Å²) in [6, 6.07) is 0. The van der Waals surface area contributed by atoms with Crippen LogP contribution in [-0.4, -0.2) is 99.7 Å². The van der Waals surface area contributed by atoms with E-state index in [-0.39, 0.29) is 38.6 Å². The Bertz CT molecular complexity index is 1760. The number of hydrogen-bond acceptors (Lipinski definition) is 13. The van der Waals surface area contributed by atoms with Gasteiger partial charge in [0.2, 0.25) is 11.6 Å². The Labute approximate surface area is 307 Å². The maximum atomic E-state index is 14.2. The van der Waals surface area contributed by atoms with Gasteiger partial charge in [0, 0.05) is 34.8 Å². The van der Waals surface area contributed by atoms with Crippen LogP contribution in [0.25, 0.3) is 0 Å². The summed E-state index contributed by atoms with van der Waals surface area (Å²) in [7, 11) is 2.32. The molecule has 284 valence electrons. The van der Waals surface area contributed by atoms with Crippen molar-refractivity contribution in [3.8, 4) is 11.5 Å². The van der Waals surface area contributed by atoms with Crippen molar-refractivity contribution in [3.05, 3.63) is 68.3 Å². The molecular formula is C38H49NO12S. The van der Waals surface area contributed by atoms with Crippen LogP contribution in [0.15, 0.2) is 46.1 Å². The SMILES string of the molecule is COC(=O)C1C(O)C(C)C(O)C(C)C=CC=C(C)C(=O)NC2=C(SC)C(=O)c3c(c(O)c(C)c(OC)c3C(=O)C(C)=CC(C)C(O)C(C)C1O)C2=O. The molecular weight excluding hydrogens is 694 g/mol. The Balaban J connectivity index is 2.34. The molecule has 1 aliphatic carbocycles. The number of aromatic hydroxyl groups is 1. The van der Waals surface area contributed by atoms with Crippen LogP contribution in [0, 0.1) is 36.5 Å². The van der Waals surface area contributed by atoms with E-state index in [9.17, 15) is 49.5 Å². The number of amides is 1. The molecule has 1 aromatic carbocycles. The largest absolute Gasteiger partial charge is 0.507 e. The number of rotatable bonds is 3. The zero-order valence-corrected chi connectivity index (χ0v) is 31.8. The van der Waals surface area contributed by atoms with Crippen molar-refractivity contribution in [2.75, 3.05) is 20.5 Å². The van der Waals surface area contributed by atoms with Gasteiger partial charge < -0.3 is 40.3 Å².